The standard InChI is InChI=1S/C15H17BrN2O2S.C14H15BrN4O.C7H4BrNS.C7H11NO2.H4N2O/c1-10(19)18-8-7-14(20)13(9-18)15(21-2)17-12-5-3-11(16)4-6-12;1-9(20)19-6-5-13-12(8-19)14(18-17-13)16-11-4-2-3-10(15)7-11;8-6-2-1-3-7(4-6)9-5-10;1-6(9)8-4-2-7(10)3-5-8;1-2-3/h3-6,17H,7-9H2,1-2H3;2-4,7H,5-6,8H2,1H3,(H2,16,17,18);1-4H;2-5H2,1H3;2-3H,1H2/b15-13-;;;;. The van der Waals surface area contributed by atoms with Crippen LogP contribution in [0.4, 0.5) is 22.9 Å². The van der Waals surface area contributed by atoms with E-state index in [0.29, 0.717) is 57.6 Å². The number of nitrogens with zero attached hydrogens (tertiary/aromatic N) is 5. The molecule has 2 saturated heterocycles. The van der Waals surface area contributed by atoms with Crippen molar-refractivity contribution in [2.24, 2.45) is 10.8 Å². The number of amides is 3. The van der Waals surface area contributed by atoms with Gasteiger partial charge in [-0.2, -0.15) is 10.1 Å². The molecule has 342 valence electrons. The van der Waals surface area contributed by atoms with E-state index in [1.54, 1.807) is 16.7 Å². The van der Waals surface area contributed by atoms with E-state index < -0.39 is 0 Å². The Morgan fingerprint density at radius 3 is 1.92 bits per heavy atom. The van der Waals surface area contributed by atoms with Crippen molar-refractivity contribution in [3.05, 3.63) is 108 Å². The Morgan fingerprint density at radius 2 is 1.36 bits per heavy atom. The second-order valence-electron chi connectivity index (χ2n) is 14.0. The maximum absolute atomic E-state index is 12.2. The van der Waals surface area contributed by atoms with E-state index in [9.17, 15) is 24.0 Å². The van der Waals surface area contributed by atoms with Gasteiger partial charge in [-0.3, -0.25) is 29.1 Å². The Morgan fingerprint density at radius 1 is 0.797 bits per heavy atom. The van der Waals surface area contributed by atoms with Crippen molar-refractivity contribution in [1.82, 2.24) is 30.5 Å². The van der Waals surface area contributed by atoms with E-state index in [0.717, 1.165) is 65.6 Å². The number of hydrogen-bond donors (Lipinski definition) is 6. The molecule has 16 nitrogen and oxygen atoms in total. The van der Waals surface area contributed by atoms with Crippen LogP contribution < -0.4 is 22.1 Å². The Kier molecular flexibility index (Phi) is 23.8. The van der Waals surface area contributed by atoms with Gasteiger partial charge in [0, 0.05) is 114 Å². The molecule has 0 saturated carbocycles. The topological polar surface area (TPSA) is 218 Å². The number of Topliss-reactive ketones (excluding diaryl/α,β-unsaturated/α-hetero) is 2. The quantitative estimate of drug-likeness (QED) is 0.0353. The molecule has 7 N–H and O–H groups in total. The predicted molar refractivity (Wildman–Crippen MR) is 265 cm³/mol. The molecular formula is C43H51Br3N10O6S2. The average Bonchev–Trinajstić information content (AvgIpc) is 3.66. The first-order chi connectivity index (χ1) is 30.6. The molecule has 3 aliphatic heterocycles. The summed E-state index contributed by atoms with van der Waals surface area (Å²) < 4.78 is 3.01. The summed E-state index contributed by atoms with van der Waals surface area (Å²) >= 11 is 16.1. The van der Waals surface area contributed by atoms with Crippen molar-refractivity contribution in [3.8, 4) is 0 Å². The van der Waals surface area contributed by atoms with Crippen molar-refractivity contribution in [2.45, 2.75) is 53.0 Å². The molecule has 3 aliphatic rings. The number of thioether (sulfide) groups is 1. The summed E-state index contributed by atoms with van der Waals surface area (Å²) in [5.74, 6) is 5.52. The zero-order chi connectivity index (χ0) is 47.2. The molecule has 21 heteroatoms. The molecule has 0 spiro atoms. The van der Waals surface area contributed by atoms with Crippen LogP contribution in [0.5, 0.6) is 0 Å². The number of ketones is 2. The predicted octanol–water partition coefficient (Wildman–Crippen LogP) is 8.30. The van der Waals surface area contributed by atoms with Gasteiger partial charge < -0.3 is 30.5 Å². The van der Waals surface area contributed by atoms with Crippen molar-refractivity contribution in [3.63, 3.8) is 0 Å². The smallest absolute Gasteiger partial charge is 0.219 e. The lowest BCUT2D eigenvalue weighted by Gasteiger charge is -2.28. The molecule has 0 radical (unpaired) electrons. The van der Waals surface area contributed by atoms with Crippen LogP contribution in [0.3, 0.4) is 0 Å². The van der Waals surface area contributed by atoms with E-state index in [1.807, 2.05) is 84.0 Å². The number of nitrogens with two attached hydrogens (primary N) is 1. The van der Waals surface area contributed by atoms with E-state index >= 15 is 0 Å². The SMILES string of the molecule is CC(=O)N1CCC(=O)CC1.CC(=O)N1CCc2[nH]nc(Nc3cccc(Br)c3)c2C1.CS/C(Nc1ccc(Br)cc1)=C1/CN(C(C)=O)CCC1=O.NNO.S=C=Nc1cccc(Br)c1. The number of likely N-dealkylation sites (tertiary alicyclic amines) is 2. The Labute approximate surface area is 407 Å². The zero-order valence-corrected chi connectivity index (χ0v) is 42.1. The van der Waals surface area contributed by atoms with Gasteiger partial charge >= 0.3 is 0 Å². The largest absolute Gasteiger partial charge is 0.350 e. The highest BCUT2D eigenvalue weighted by molar-refractivity contribution is 9.11. The molecule has 4 heterocycles. The zero-order valence-electron chi connectivity index (χ0n) is 35.8. The van der Waals surface area contributed by atoms with Crippen LogP contribution in [0.15, 0.2) is 102 Å². The van der Waals surface area contributed by atoms with Crippen molar-refractivity contribution in [2.75, 3.05) is 49.6 Å². The molecule has 3 amide bonds. The molecule has 1 aromatic heterocycles. The van der Waals surface area contributed by atoms with Crippen molar-refractivity contribution < 1.29 is 29.2 Å². The Balaban J connectivity index is 0.000000233. The number of nitrogens with one attached hydrogen (secondary N) is 4. The minimum absolute atomic E-state index is 0.00379. The fourth-order valence-corrected chi connectivity index (χ4v) is 7.97. The van der Waals surface area contributed by atoms with Crippen molar-refractivity contribution >= 4 is 129 Å². The minimum atomic E-state index is 0.00379. The number of aromatic nitrogens is 2. The van der Waals surface area contributed by atoms with Crippen LogP contribution >= 0.6 is 71.8 Å². The Hall–Kier alpha value is -4.57. The molecule has 0 aliphatic carbocycles. The lowest BCUT2D eigenvalue weighted by molar-refractivity contribution is -0.133. The van der Waals surface area contributed by atoms with Gasteiger partial charge in [-0.1, -0.05) is 59.9 Å². The molecule has 4 aromatic rings. The third-order valence-electron chi connectivity index (χ3n) is 9.54. The van der Waals surface area contributed by atoms with Gasteiger partial charge in [0.1, 0.15) is 5.78 Å². The van der Waals surface area contributed by atoms with Gasteiger partial charge in [0.2, 0.25) is 17.7 Å². The number of carbonyl (C=O) groups is 5. The second kappa shape index (κ2) is 28.4. The average molecular weight is 1110 g/mol. The number of benzene rings is 3. The number of aromatic amines is 1. The van der Waals surface area contributed by atoms with E-state index in [4.69, 9.17) is 5.21 Å². The Bertz CT molecular complexity index is 2300. The number of fused-ring (bicyclic) bond motifs is 1. The van der Waals surface area contributed by atoms with Gasteiger partial charge in [-0.15, -0.1) is 17.4 Å². The summed E-state index contributed by atoms with van der Waals surface area (Å²) in [7, 11) is 0. The van der Waals surface area contributed by atoms with Crippen LogP contribution in [-0.2, 0) is 36.9 Å². The summed E-state index contributed by atoms with van der Waals surface area (Å²) in [6, 6.07) is 23.3. The van der Waals surface area contributed by atoms with Crippen molar-refractivity contribution in [1.29, 1.82) is 0 Å². The first kappa shape index (κ1) is 53.8. The number of aliphatic imine (C=N–C) groups is 1. The van der Waals surface area contributed by atoms with Gasteiger partial charge in [-0.05, 0) is 79.1 Å². The highest BCUT2D eigenvalue weighted by Crippen LogP contribution is 2.28. The number of H-pyrrole nitrogens is 1. The maximum atomic E-state index is 12.2. The van der Waals surface area contributed by atoms with Gasteiger partial charge in [-0.25, -0.2) is 5.84 Å². The molecule has 64 heavy (non-hydrogen) atoms. The monoisotopic (exact) mass is 1100 g/mol. The first-order valence-corrected chi connectivity index (χ1v) is 23.7. The van der Waals surface area contributed by atoms with Gasteiger partial charge in [0.15, 0.2) is 11.6 Å². The molecule has 0 bridgehead atoms. The third-order valence-corrected chi connectivity index (χ3v) is 11.9. The first-order valence-electron chi connectivity index (χ1n) is 19.7. The number of hydrazine groups is 1. The van der Waals surface area contributed by atoms with E-state index in [-0.39, 0.29) is 29.3 Å². The fourth-order valence-electron chi connectivity index (χ4n) is 6.17. The molecule has 3 aromatic carbocycles. The summed E-state index contributed by atoms with van der Waals surface area (Å²) in [5, 5.41) is 24.2. The number of thiocarbonyl (C=S) groups is 1. The minimum Gasteiger partial charge on any atom is -0.350 e. The highest BCUT2D eigenvalue weighted by atomic mass is 79.9. The lowest BCUT2D eigenvalue weighted by Crippen LogP contribution is -2.39. The fraction of sp³-hybridized carbons (Fsp3) is 0.326. The molecular weight excluding hydrogens is 1060 g/mol. The van der Waals surface area contributed by atoms with E-state index in [2.05, 4.69) is 96.8 Å². The third kappa shape index (κ3) is 18.5. The van der Waals surface area contributed by atoms with Crippen LogP contribution in [0.1, 0.15) is 51.3 Å². The summed E-state index contributed by atoms with van der Waals surface area (Å²) in [4.78, 5) is 65.6. The summed E-state index contributed by atoms with van der Waals surface area (Å²) in [6.45, 7) is 8.17. The van der Waals surface area contributed by atoms with Gasteiger partial charge in [0.25, 0.3) is 0 Å². The number of isothiocyanates is 1. The highest BCUT2D eigenvalue weighted by Gasteiger charge is 2.26. The normalized spacial score (nSPS) is 14.8. The molecule has 0 atom stereocenters. The van der Waals surface area contributed by atoms with Crippen LogP contribution in [0, 0.1) is 0 Å². The maximum Gasteiger partial charge on any atom is 0.219 e. The lowest BCUT2D eigenvalue weighted by atomic mass is 10.0. The molecule has 2 fully saturated rings. The second-order valence-corrected chi connectivity index (χ2v) is 17.7. The number of rotatable bonds is 6. The van der Waals surface area contributed by atoms with Gasteiger partial charge in [0.05, 0.1) is 29.0 Å². The molecule has 7 rings (SSSR count). The number of carbonyl (C=O) groups excluding carboxylic acids is 5. The molecule has 0 unspecified atom stereocenters. The summed E-state index contributed by atoms with van der Waals surface area (Å²) in [5.41, 5.74) is 6.83. The number of anilines is 3. The van der Waals surface area contributed by atoms with E-state index in [1.165, 1.54) is 31.2 Å². The van der Waals surface area contributed by atoms with Crippen LogP contribution in [0.2, 0.25) is 0 Å². The van der Waals surface area contributed by atoms with Crippen LogP contribution in [0.25, 0.3) is 0 Å². The summed E-state index contributed by atoms with van der Waals surface area (Å²) in [6.07, 6.45) is 4.22. The number of hydrogen-bond acceptors (Lipinski definition) is 14. The number of piperidine rings is 2. The van der Waals surface area contributed by atoms with Crippen LogP contribution in [-0.4, -0.2) is 104 Å². The number of halogens is 3.